The molecular formula is C11H11N3O. The fourth-order valence-electron chi connectivity index (χ4n) is 1.43. The number of hydrogen-bond donors (Lipinski definition) is 2. The number of aromatic nitrogens is 1. The molecule has 1 aromatic heterocycles. The van der Waals surface area contributed by atoms with Crippen LogP contribution in [0.15, 0.2) is 48.8 Å². The highest BCUT2D eigenvalue weighted by atomic mass is 16.2. The molecule has 0 saturated carbocycles. The lowest BCUT2D eigenvalue weighted by molar-refractivity contribution is 0.259. The number of primary amides is 1. The van der Waals surface area contributed by atoms with Crippen LogP contribution in [-0.2, 0) is 0 Å². The second-order valence-corrected chi connectivity index (χ2v) is 3.10. The van der Waals surface area contributed by atoms with Crippen LogP contribution >= 0.6 is 0 Å². The molecule has 2 rings (SSSR count). The normalized spacial score (nSPS) is 9.87. The standard InChI is InChI=1S/C11H11N3O/c12-11(15)13-9-5-1-2-6-10(9)14-7-3-4-8-14/h1-8H,(H3,12,13,15). The number of urea groups is 1. The topological polar surface area (TPSA) is 60.1 Å². The third-order valence-corrected chi connectivity index (χ3v) is 2.04. The third kappa shape index (κ3) is 1.99. The summed E-state index contributed by atoms with van der Waals surface area (Å²) in [4.78, 5) is 10.8. The van der Waals surface area contributed by atoms with Crippen molar-refractivity contribution >= 4 is 11.7 Å². The quantitative estimate of drug-likeness (QED) is 0.766. The Morgan fingerprint density at radius 2 is 1.80 bits per heavy atom. The Kier molecular flexibility index (Phi) is 2.41. The molecule has 0 fully saturated rings. The highest BCUT2D eigenvalue weighted by Crippen LogP contribution is 2.19. The number of nitrogens with zero attached hydrogens (tertiary/aromatic N) is 1. The molecular weight excluding hydrogens is 190 g/mol. The summed E-state index contributed by atoms with van der Waals surface area (Å²) in [6, 6.07) is 10.7. The van der Waals surface area contributed by atoms with Gasteiger partial charge in [0.15, 0.2) is 0 Å². The van der Waals surface area contributed by atoms with Crippen molar-refractivity contribution in [1.82, 2.24) is 4.57 Å². The Bertz CT molecular complexity index is 462. The first kappa shape index (κ1) is 9.33. The van der Waals surface area contributed by atoms with Crippen LogP contribution in [0, 0.1) is 0 Å². The van der Waals surface area contributed by atoms with Crippen molar-refractivity contribution in [3.05, 3.63) is 48.8 Å². The first-order chi connectivity index (χ1) is 7.27. The summed E-state index contributed by atoms with van der Waals surface area (Å²) in [5, 5.41) is 2.58. The smallest absolute Gasteiger partial charge is 0.316 e. The van der Waals surface area contributed by atoms with Crippen LogP contribution in [0.25, 0.3) is 5.69 Å². The van der Waals surface area contributed by atoms with Gasteiger partial charge in [0.05, 0.1) is 11.4 Å². The number of hydrogen-bond acceptors (Lipinski definition) is 1. The third-order valence-electron chi connectivity index (χ3n) is 2.04. The molecule has 0 spiro atoms. The molecule has 0 aliphatic heterocycles. The van der Waals surface area contributed by atoms with Crippen molar-refractivity contribution in [2.24, 2.45) is 5.73 Å². The molecule has 0 saturated heterocycles. The predicted octanol–water partition coefficient (Wildman–Crippen LogP) is 1.97. The lowest BCUT2D eigenvalue weighted by Crippen LogP contribution is -2.20. The number of carbonyl (C=O) groups excluding carboxylic acids is 1. The number of rotatable bonds is 2. The molecule has 1 heterocycles. The van der Waals surface area contributed by atoms with Gasteiger partial charge in [0.2, 0.25) is 0 Å². The van der Waals surface area contributed by atoms with Crippen molar-refractivity contribution in [2.45, 2.75) is 0 Å². The Hall–Kier alpha value is -2.23. The van der Waals surface area contributed by atoms with Gasteiger partial charge in [0.25, 0.3) is 0 Å². The Morgan fingerprint density at radius 3 is 2.47 bits per heavy atom. The maximum absolute atomic E-state index is 10.8. The van der Waals surface area contributed by atoms with Gasteiger partial charge in [-0.05, 0) is 24.3 Å². The van der Waals surface area contributed by atoms with Crippen LogP contribution in [0.3, 0.4) is 0 Å². The number of benzene rings is 1. The molecule has 2 amide bonds. The van der Waals surface area contributed by atoms with Gasteiger partial charge in [-0.2, -0.15) is 0 Å². The predicted molar refractivity (Wildman–Crippen MR) is 59.0 cm³/mol. The minimum Gasteiger partial charge on any atom is -0.351 e. The van der Waals surface area contributed by atoms with E-state index in [2.05, 4.69) is 5.32 Å². The Labute approximate surface area is 87.3 Å². The van der Waals surface area contributed by atoms with Gasteiger partial charge in [-0.3, -0.25) is 0 Å². The zero-order chi connectivity index (χ0) is 10.7. The van der Waals surface area contributed by atoms with E-state index < -0.39 is 6.03 Å². The SMILES string of the molecule is NC(=O)Nc1ccccc1-n1cccc1. The molecule has 0 aliphatic rings. The molecule has 15 heavy (non-hydrogen) atoms. The van der Waals surface area contributed by atoms with Crippen LogP contribution < -0.4 is 11.1 Å². The molecule has 4 heteroatoms. The van der Waals surface area contributed by atoms with E-state index >= 15 is 0 Å². The number of amides is 2. The van der Waals surface area contributed by atoms with E-state index in [0.29, 0.717) is 5.69 Å². The number of anilines is 1. The summed E-state index contributed by atoms with van der Waals surface area (Å²) >= 11 is 0. The zero-order valence-electron chi connectivity index (χ0n) is 8.05. The molecule has 4 nitrogen and oxygen atoms in total. The number of carbonyl (C=O) groups is 1. The molecule has 76 valence electrons. The Morgan fingerprint density at radius 1 is 1.13 bits per heavy atom. The fraction of sp³-hybridized carbons (Fsp3) is 0. The van der Waals surface area contributed by atoms with E-state index in [-0.39, 0.29) is 0 Å². The van der Waals surface area contributed by atoms with E-state index in [1.54, 1.807) is 6.07 Å². The molecule has 1 aromatic carbocycles. The maximum Gasteiger partial charge on any atom is 0.316 e. The van der Waals surface area contributed by atoms with Crippen LogP contribution in [0.4, 0.5) is 10.5 Å². The van der Waals surface area contributed by atoms with Crippen molar-refractivity contribution < 1.29 is 4.79 Å². The van der Waals surface area contributed by atoms with Gasteiger partial charge in [-0.25, -0.2) is 4.79 Å². The molecule has 0 radical (unpaired) electrons. The van der Waals surface area contributed by atoms with Gasteiger partial charge in [-0.15, -0.1) is 0 Å². The van der Waals surface area contributed by atoms with Crippen LogP contribution in [0.1, 0.15) is 0 Å². The van der Waals surface area contributed by atoms with Gasteiger partial charge >= 0.3 is 6.03 Å². The van der Waals surface area contributed by atoms with Gasteiger partial charge in [-0.1, -0.05) is 12.1 Å². The number of para-hydroxylation sites is 2. The molecule has 0 unspecified atom stereocenters. The second-order valence-electron chi connectivity index (χ2n) is 3.10. The van der Waals surface area contributed by atoms with Gasteiger partial charge < -0.3 is 15.6 Å². The van der Waals surface area contributed by atoms with Gasteiger partial charge in [0, 0.05) is 12.4 Å². The molecule has 3 N–H and O–H groups in total. The average molecular weight is 201 g/mol. The summed E-state index contributed by atoms with van der Waals surface area (Å²) in [5.41, 5.74) is 6.67. The zero-order valence-corrected chi connectivity index (χ0v) is 8.05. The van der Waals surface area contributed by atoms with E-state index in [0.717, 1.165) is 5.69 Å². The molecule has 0 aliphatic carbocycles. The van der Waals surface area contributed by atoms with Gasteiger partial charge in [0.1, 0.15) is 0 Å². The number of nitrogens with one attached hydrogen (secondary N) is 1. The van der Waals surface area contributed by atoms with E-state index in [9.17, 15) is 4.79 Å². The van der Waals surface area contributed by atoms with E-state index in [1.807, 2.05) is 47.3 Å². The molecule has 2 aromatic rings. The maximum atomic E-state index is 10.8. The lowest BCUT2D eigenvalue weighted by Gasteiger charge is -2.09. The minimum absolute atomic E-state index is 0.561. The summed E-state index contributed by atoms with van der Waals surface area (Å²) in [5.74, 6) is 0. The summed E-state index contributed by atoms with van der Waals surface area (Å²) in [6.07, 6.45) is 3.81. The van der Waals surface area contributed by atoms with E-state index in [4.69, 9.17) is 5.73 Å². The highest BCUT2D eigenvalue weighted by molar-refractivity contribution is 5.90. The van der Waals surface area contributed by atoms with Crippen molar-refractivity contribution in [3.8, 4) is 5.69 Å². The lowest BCUT2D eigenvalue weighted by atomic mass is 10.2. The minimum atomic E-state index is -0.561. The largest absolute Gasteiger partial charge is 0.351 e. The molecule has 0 atom stereocenters. The van der Waals surface area contributed by atoms with Crippen molar-refractivity contribution in [2.75, 3.05) is 5.32 Å². The summed E-state index contributed by atoms with van der Waals surface area (Å²) in [7, 11) is 0. The first-order valence-electron chi connectivity index (χ1n) is 4.56. The van der Waals surface area contributed by atoms with Crippen molar-refractivity contribution in [1.29, 1.82) is 0 Å². The first-order valence-corrected chi connectivity index (χ1v) is 4.56. The molecule has 0 bridgehead atoms. The monoisotopic (exact) mass is 201 g/mol. The number of nitrogens with two attached hydrogens (primary N) is 1. The Balaban J connectivity index is 2.42. The summed E-state index contributed by atoms with van der Waals surface area (Å²) < 4.78 is 1.91. The van der Waals surface area contributed by atoms with Crippen LogP contribution in [-0.4, -0.2) is 10.6 Å². The van der Waals surface area contributed by atoms with Crippen molar-refractivity contribution in [3.63, 3.8) is 0 Å². The average Bonchev–Trinajstić information content (AvgIpc) is 2.70. The van der Waals surface area contributed by atoms with E-state index in [1.165, 1.54) is 0 Å². The van der Waals surface area contributed by atoms with Crippen LogP contribution in [0.5, 0.6) is 0 Å². The second kappa shape index (κ2) is 3.88. The highest BCUT2D eigenvalue weighted by Gasteiger charge is 2.03. The fourth-order valence-corrected chi connectivity index (χ4v) is 1.43. The summed E-state index contributed by atoms with van der Waals surface area (Å²) in [6.45, 7) is 0. The van der Waals surface area contributed by atoms with Crippen LogP contribution in [0.2, 0.25) is 0 Å².